The van der Waals surface area contributed by atoms with Gasteiger partial charge >= 0.3 is 0 Å². The monoisotopic (exact) mass is 212 g/mol. The van der Waals surface area contributed by atoms with Gasteiger partial charge < -0.3 is 10.5 Å². The van der Waals surface area contributed by atoms with Crippen LogP contribution in [0.4, 0.5) is 5.69 Å². The highest BCUT2D eigenvalue weighted by atomic mass is 16.4. The number of amides is 1. The van der Waals surface area contributed by atoms with Crippen molar-refractivity contribution in [3.63, 3.8) is 0 Å². The Morgan fingerprint density at radius 3 is 2.75 bits per heavy atom. The van der Waals surface area contributed by atoms with Crippen molar-refractivity contribution in [2.75, 3.05) is 5.32 Å². The smallest absolute Gasteiger partial charge is 0.278 e. The molecule has 1 heterocycles. The van der Waals surface area contributed by atoms with Crippen LogP contribution in [0.5, 0.6) is 0 Å². The van der Waals surface area contributed by atoms with Crippen LogP contribution in [0.1, 0.15) is 5.56 Å². The first-order chi connectivity index (χ1) is 7.81. The molecule has 4 heteroatoms. The fraction of sp³-hybridized carbons (Fsp3) is 0. The van der Waals surface area contributed by atoms with Gasteiger partial charge in [0.15, 0.2) is 5.71 Å². The third kappa shape index (κ3) is 1.04. The first kappa shape index (κ1) is 8.91. The van der Waals surface area contributed by atoms with Crippen molar-refractivity contribution in [1.82, 2.24) is 0 Å². The molecule has 0 fully saturated rings. The van der Waals surface area contributed by atoms with Crippen LogP contribution in [-0.4, -0.2) is 16.8 Å². The third-order valence-electron chi connectivity index (χ3n) is 2.74. The summed E-state index contributed by atoms with van der Waals surface area (Å²) in [5.41, 5.74) is 1.43. The van der Waals surface area contributed by atoms with Crippen molar-refractivity contribution in [2.24, 2.45) is 5.16 Å². The summed E-state index contributed by atoms with van der Waals surface area (Å²) in [7, 11) is 0. The van der Waals surface area contributed by atoms with Crippen LogP contribution in [0.2, 0.25) is 0 Å². The molecule has 0 atom stereocenters. The van der Waals surface area contributed by atoms with Gasteiger partial charge in [-0.15, -0.1) is 0 Å². The Labute approximate surface area is 91.2 Å². The summed E-state index contributed by atoms with van der Waals surface area (Å²) in [5.74, 6) is -0.367. The highest BCUT2D eigenvalue weighted by molar-refractivity contribution is 6.54. The van der Waals surface area contributed by atoms with E-state index < -0.39 is 0 Å². The topological polar surface area (TPSA) is 61.7 Å². The van der Waals surface area contributed by atoms with E-state index in [1.807, 2.05) is 30.3 Å². The molecule has 1 aliphatic rings. The summed E-state index contributed by atoms with van der Waals surface area (Å²) in [6.07, 6.45) is 0. The van der Waals surface area contributed by atoms with Crippen molar-refractivity contribution in [2.45, 2.75) is 0 Å². The number of rotatable bonds is 0. The van der Waals surface area contributed by atoms with Crippen molar-refractivity contribution in [3.05, 3.63) is 42.0 Å². The zero-order valence-electron chi connectivity index (χ0n) is 8.27. The quantitative estimate of drug-likeness (QED) is 0.518. The molecule has 2 N–H and O–H groups in total. The second-order valence-electron chi connectivity index (χ2n) is 3.61. The second kappa shape index (κ2) is 3.06. The van der Waals surface area contributed by atoms with Gasteiger partial charge in [-0.05, 0) is 11.5 Å². The Hall–Kier alpha value is -2.36. The summed E-state index contributed by atoms with van der Waals surface area (Å²) in [6, 6.07) is 11.4. The van der Waals surface area contributed by atoms with E-state index in [0.29, 0.717) is 5.56 Å². The zero-order valence-corrected chi connectivity index (χ0v) is 8.27. The molecule has 0 saturated heterocycles. The summed E-state index contributed by atoms with van der Waals surface area (Å²) in [5, 5.41) is 16.5. The van der Waals surface area contributed by atoms with Gasteiger partial charge in [0.1, 0.15) is 0 Å². The highest BCUT2D eigenvalue weighted by Gasteiger charge is 2.27. The first-order valence-corrected chi connectivity index (χ1v) is 4.87. The predicted molar refractivity (Wildman–Crippen MR) is 60.9 cm³/mol. The van der Waals surface area contributed by atoms with Gasteiger partial charge in [0.2, 0.25) is 0 Å². The van der Waals surface area contributed by atoms with Crippen LogP contribution < -0.4 is 5.32 Å². The van der Waals surface area contributed by atoms with E-state index in [-0.39, 0.29) is 11.6 Å². The van der Waals surface area contributed by atoms with Gasteiger partial charge in [0.25, 0.3) is 5.91 Å². The molecule has 4 nitrogen and oxygen atoms in total. The van der Waals surface area contributed by atoms with Gasteiger partial charge in [-0.2, -0.15) is 0 Å². The Kier molecular flexibility index (Phi) is 1.71. The Balaban J connectivity index is 2.39. The van der Waals surface area contributed by atoms with E-state index in [1.54, 1.807) is 6.07 Å². The van der Waals surface area contributed by atoms with E-state index >= 15 is 0 Å². The summed E-state index contributed by atoms with van der Waals surface area (Å²) >= 11 is 0. The third-order valence-corrected chi connectivity index (χ3v) is 2.74. The normalized spacial score (nSPS) is 16.5. The van der Waals surface area contributed by atoms with Gasteiger partial charge in [0, 0.05) is 10.9 Å². The number of hydrogen-bond acceptors (Lipinski definition) is 3. The minimum Gasteiger partial charge on any atom is -0.410 e. The van der Waals surface area contributed by atoms with Crippen LogP contribution >= 0.6 is 0 Å². The van der Waals surface area contributed by atoms with Gasteiger partial charge in [-0.25, -0.2) is 0 Å². The van der Waals surface area contributed by atoms with Crippen molar-refractivity contribution < 1.29 is 10.0 Å². The molecule has 0 saturated carbocycles. The minimum atomic E-state index is -0.367. The lowest BCUT2D eigenvalue weighted by molar-refractivity contribution is -0.110. The van der Waals surface area contributed by atoms with Gasteiger partial charge in [-0.3, -0.25) is 4.79 Å². The first-order valence-electron chi connectivity index (χ1n) is 4.87. The van der Waals surface area contributed by atoms with Gasteiger partial charge in [0.05, 0.1) is 5.69 Å². The van der Waals surface area contributed by atoms with E-state index in [4.69, 9.17) is 5.21 Å². The molecule has 0 bridgehead atoms. The maximum atomic E-state index is 11.5. The van der Waals surface area contributed by atoms with Crippen molar-refractivity contribution in [1.29, 1.82) is 0 Å². The average molecular weight is 212 g/mol. The highest BCUT2D eigenvalue weighted by Crippen LogP contribution is 2.31. The zero-order chi connectivity index (χ0) is 11.1. The van der Waals surface area contributed by atoms with E-state index in [2.05, 4.69) is 10.5 Å². The van der Waals surface area contributed by atoms with E-state index in [0.717, 1.165) is 16.5 Å². The van der Waals surface area contributed by atoms with Crippen LogP contribution in [0.15, 0.2) is 41.6 Å². The average Bonchev–Trinajstić information content (AvgIpc) is 2.65. The standard InChI is InChI=1S/C12H8N2O2/c15-12-11(14-16)9-6-5-7-3-1-2-4-8(7)10(9)13-12/h1-6,16H,(H,13,14,15). The number of benzene rings is 2. The Morgan fingerprint density at radius 1 is 1.12 bits per heavy atom. The summed E-state index contributed by atoms with van der Waals surface area (Å²) < 4.78 is 0. The maximum Gasteiger partial charge on any atom is 0.278 e. The molecule has 0 aliphatic carbocycles. The molecule has 16 heavy (non-hydrogen) atoms. The Morgan fingerprint density at radius 2 is 1.94 bits per heavy atom. The number of nitrogens with one attached hydrogen (secondary N) is 1. The SMILES string of the molecule is O=C1Nc2c(ccc3ccccc23)C1=NO. The van der Waals surface area contributed by atoms with E-state index in [9.17, 15) is 4.79 Å². The molecule has 1 amide bonds. The second-order valence-corrected chi connectivity index (χ2v) is 3.61. The predicted octanol–water partition coefficient (Wildman–Crippen LogP) is 1.97. The lowest BCUT2D eigenvalue weighted by atomic mass is 10.0. The van der Waals surface area contributed by atoms with Crippen LogP contribution in [0.3, 0.4) is 0 Å². The number of oxime groups is 1. The maximum absolute atomic E-state index is 11.5. The lowest BCUT2D eigenvalue weighted by Gasteiger charge is -2.03. The molecule has 0 unspecified atom stereocenters. The Bertz CT molecular complexity index is 632. The molecular formula is C12H8N2O2. The fourth-order valence-corrected chi connectivity index (χ4v) is 2.00. The lowest BCUT2D eigenvalue weighted by Crippen LogP contribution is -2.13. The minimum absolute atomic E-state index is 0.0701. The largest absolute Gasteiger partial charge is 0.410 e. The molecule has 78 valence electrons. The van der Waals surface area contributed by atoms with Crippen LogP contribution in [-0.2, 0) is 4.79 Å². The molecule has 2 aromatic carbocycles. The number of nitrogens with zero attached hydrogens (tertiary/aromatic N) is 1. The number of hydrogen-bond donors (Lipinski definition) is 2. The molecule has 1 aliphatic heterocycles. The number of fused-ring (bicyclic) bond motifs is 3. The fourth-order valence-electron chi connectivity index (χ4n) is 2.00. The number of carbonyl (C=O) groups is 1. The van der Waals surface area contributed by atoms with Crippen molar-refractivity contribution in [3.8, 4) is 0 Å². The molecular weight excluding hydrogens is 204 g/mol. The molecule has 0 radical (unpaired) electrons. The summed E-state index contributed by atoms with van der Waals surface area (Å²) in [4.78, 5) is 11.5. The van der Waals surface area contributed by atoms with Gasteiger partial charge in [-0.1, -0.05) is 35.5 Å². The summed E-state index contributed by atoms with van der Waals surface area (Å²) in [6.45, 7) is 0. The van der Waals surface area contributed by atoms with Crippen LogP contribution in [0.25, 0.3) is 10.8 Å². The molecule has 0 spiro atoms. The van der Waals surface area contributed by atoms with Crippen LogP contribution in [0, 0.1) is 0 Å². The molecule has 2 aromatic rings. The number of carbonyl (C=O) groups excluding carboxylic acids is 1. The number of anilines is 1. The molecule has 3 rings (SSSR count). The molecule has 0 aromatic heterocycles. The van der Waals surface area contributed by atoms with E-state index in [1.165, 1.54) is 0 Å². The van der Waals surface area contributed by atoms with Crippen molar-refractivity contribution >= 4 is 28.1 Å².